The van der Waals surface area contributed by atoms with E-state index in [4.69, 9.17) is 4.74 Å². The molecule has 1 amide bonds. The maximum atomic E-state index is 12.8. The van der Waals surface area contributed by atoms with E-state index in [1.807, 2.05) is 0 Å². The summed E-state index contributed by atoms with van der Waals surface area (Å²) < 4.78 is 22.5. The van der Waals surface area contributed by atoms with Crippen LogP contribution in [0.2, 0.25) is 0 Å². The molecule has 5 nitrogen and oxygen atoms in total. The van der Waals surface area contributed by atoms with Crippen molar-refractivity contribution in [3.8, 4) is 0 Å². The number of rotatable bonds is 5. The smallest absolute Gasteiger partial charge is 0.307 e. The molecule has 1 atom stereocenters. The van der Waals surface area contributed by atoms with Crippen molar-refractivity contribution in [2.75, 3.05) is 20.3 Å². The largest absolute Gasteiger partial charge is 0.469 e. The molecule has 0 bridgehead atoms. The molecule has 0 aromatic heterocycles. The monoisotopic (exact) mass is 281 g/mol. The number of ether oxygens (including phenoxy) is 2. The predicted molar refractivity (Wildman–Crippen MR) is 68.6 cm³/mol. The molecule has 0 spiro atoms. The summed E-state index contributed by atoms with van der Waals surface area (Å²) in [4.78, 5) is 23.4. The molecule has 1 aromatic carbocycles. The van der Waals surface area contributed by atoms with E-state index >= 15 is 0 Å². The van der Waals surface area contributed by atoms with Crippen LogP contribution in [0, 0.1) is 11.7 Å². The van der Waals surface area contributed by atoms with Gasteiger partial charge < -0.3 is 14.8 Å². The van der Waals surface area contributed by atoms with E-state index in [9.17, 15) is 14.0 Å². The van der Waals surface area contributed by atoms with Gasteiger partial charge in [-0.2, -0.15) is 0 Å². The Morgan fingerprint density at radius 3 is 2.55 bits per heavy atom. The summed E-state index contributed by atoms with van der Waals surface area (Å²) in [6.45, 7) is 1.01. The fourth-order valence-electron chi connectivity index (χ4n) is 1.94. The number of benzene rings is 1. The van der Waals surface area contributed by atoms with Crippen molar-refractivity contribution in [3.63, 3.8) is 0 Å². The Bertz CT molecular complexity index is 484. The van der Waals surface area contributed by atoms with Crippen molar-refractivity contribution in [1.29, 1.82) is 0 Å². The maximum absolute atomic E-state index is 12.8. The number of halogens is 1. The molecule has 108 valence electrons. The van der Waals surface area contributed by atoms with Crippen LogP contribution in [-0.2, 0) is 14.3 Å². The summed E-state index contributed by atoms with van der Waals surface area (Å²) in [5.74, 6) is -1.04. The first-order valence-corrected chi connectivity index (χ1v) is 6.31. The average molecular weight is 281 g/mol. The van der Waals surface area contributed by atoms with Crippen molar-refractivity contribution in [1.82, 2.24) is 5.32 Å². The van der Waals surface area contributed by atoms with E-state index in [2.05, 4.69) is 10.1 Å². The number of methoxy groups -OCH3 is 1. The normalized spacial score (nSPS) is 16.1. The fraction of sp³-hybridized carbons (Fsp3) is 0.429. The summed E-state index contributed by atoms with van der Waals surface area (Å²) in [5.41, 5.74) is 0.349. The van der Waals surface area contributed by atoms with Gasteiger partial charge in [0.25, 0.3) is 5.91 Å². The molecule has 2 rings (SSSR count). The van der Waals surface area contributed by atoms with Gasteiger partial charge >= 0.3 is 5.97 Å². The highest BCUT2D eigenvalue weighted by Gasteiger charge is 2.31. The minimum atomic E-state index is -0.403. The van der Waals surface area contributed by atoms with Crippen LogP contribution >= 0.6 is 0 Å². The molecule has 1 heterocycles. The van der Waals surface area contributed by atoms with Gasteiger partial charge in [-0.3, -0.25) is 9.59 Å². The zero-order chi connectivity index (χ0) is 14.5. The third-order valence-corrected chi connectivity index (χ3v) is 3.27. The van der Waals surface area contributed by atoms with Gasteiger partial charge in [0.2, 0.25) is 0 Å². The second-order valence-electron chi connectivity index (χ2n) is 4.66. The van der Waals surface area contributed by atoms with Gasteiger partial charge in [0.1, 0.15) is 5.82 Å². The second-order valence-corrected chi connectivity index (χ2v) is 4.66. The molecule has 1 fully saturated rings. The third-order valence-electron chi connectivity index (χ3n) is 3.27. The summed E-state index contributed by atoms with van der Waals surface area (Å²) in [5, 5.41) is 2.78. The standard InChI is InChI=1S/C14H16FNO4/c1-19-13(17)6-12(10-7-20-8-10)16-14(18)9-2-4-11(15)5-3-9/h2-5,10,12H,6-8H2,1H3,(H,16,18). The van der Waals surface area contributed by atoms with Crippen LogP contribution in [0.5, 0.6) is 0 Å². The lowest BCUT2D eigenvalue weighted by atomic mass is 9.95. The molecule has 1 aliphatic heterocycles. The van der Waals surface area contributed by atoms with Crippen molar-refractivity contribution >= 4 is 11.9 Å². The molecule has 1 N–H and O–H groups in total. The molecular weight excluding hydrogens is 265 g/mol. The lowest BCUT2D eigenvalue weighted by molar-refractivity contribution is -0.142. The van der Waals surface area contributed by atoms with Crippen LogP contribution in [0.3, 0.4) is 0 Å². The van der Waals surface area contributed by atoms with Crippen LogP contribution < -0.4 is 5.32 Å². The fourth-order valence-corrected chi connectivity index (χ4v) is 1.94. The van der Waals surface area contributed by atoms with Gasteiger partial charge in [-0.05, 0) is 24.3 Å². The first kappa shape index (κ1) is 14.5. The summed E-state index contributed by atoms with van der Waals surface area (Å²) in [6, 6.07) is 4.90. The molecule has 1 aliphatic rings. The highest BCUT2D eigenvalue weighted by molar-refractivity contribution is 5.94. The van der Waals surface area contributed by atoms with Crippen LogP contribution in [-0.4, -0.2) is 38.2 Å². The van der Waals surface area contributed by atoms with Crippen LogP contribution in [0.25, 0.3) is 0 Å². The number of esters is 1. The van der Waals surface area contributed by atoms with E-state index < -0.39 is 5.82 Å². The Morgan fingerprint density at radius 1 is 1.40 bits per heavy atom. The van der Waals surface area contributed by atoms with Crippen molar-refractivity contribution in [2.45, 2.75) is 12.5 Å². The van der Waals surface area contributed by atoms with Gasteiger partial charge in [-0.25, -0.2) is 4.39 Å². The molecule has 0 saturated carbocycles. The highest BCUT2D eigenvalue weighted by Crippen LogP contribution is 2.18. The Kier molecular flexibility index (Phi) is 4.68. The van der Waals surface area contributed by atoms with Crippen LogP contribution in [0.15, 0.2) is 24.3 Å². The number of nitrogens with one attached hydrogen (secondary N) is 1. The van der Waals surface area contributed by atoms with Crippen LogP contribution in [0.1, 0.15) is 16.8 Å². The van der Waals surface area contributed by atoms with E-state index in [1.165, 1.54) is 31.4 Å². The predicted octanol–water partition coefficient (Wildman–Crippen LogP) is 1.13. The molecule has 1 aromatic rings. The van der Waals surface area contributed by atoms with Gasteiger partial charge in [0.15, 0.2) is 0 Å². The first-order valence-electron chi connectivity index (χ1n) is 6.31. The number of carbonyl (C=O) groups is 2. The third kappa shape index (κ3) is 3.54. The quantitative estimate of drug-likeness (QED) is 0.822. The van der Waals surface area contributed by atoms with Crippen LogP contribution in [0.4, 0.5) is 4.39 Å². The van der Waals surface area contributed by atoms with E-state index in [1.54, 1.807) is 0 Å². The minimum Gasteiger partial charge on any atom is -0.469 e. The van der Waals surface area contributed by atoms with Gasteiger partial charge in [-0.15, -0.1) is 0 Å². The average Bonchev–Trinajstić information content (AvgIpc) is 2.37. The van der Waals surface area contributed by atoms with E-state index in [0.717, 1.165) is 0 Å². The topological polar surface area (TPSA) is 64.6 Å². The van der Waals surface area contributed by atoms with Crippen molar-refractivity contribution in [2.24, 2.45) is 5.92 Å². The lowest BCUT2D eigenvalue weighted by Gasteiger charge is -2.33. The molecule has 0 radical (unpaired) electrons. The highest BCUT2D eigenvalue weighted by atomic mass is 19.1. The molecule has 1 saturated heterocycles. The zero-order valence-corrected chi connectivity index (χ0v) is 11.1. The number of hydrogen-bond donors (Lipinski definition) is 1. The van der Waals surface area contributed by atoms with Gasteiger partial charge in [0, 0.05) is 17.5 Å². The maximum Gasteiger partial charge on any atom is 0.307 e. The Balaban J connectivity index is 2.00. The first-order chi connectivity index (χ1) is 9.60. The molecule has 20 heavy (non-hydrogen) atoms. The van der Waals surface area contributed by atoms with Crippen molar-refractivity contribution < 1.29 is 23.5 Å². The van der Waals surface area contributed by atoms with E-state index in [0.29, 0.717) is 18.8 Å². The zero-order valence-electron chi connectivity index (χ0n) is 11.1. The van der Waals surface area contributed by atoms with Gasteiger partial charge in [0.05, 0.1) is 26.7 Å². The van der Waals surface area contributed by atoms with Crippen molar-refractivity contribution in [3.05, 3.63) is 35.6 Å². The lowest BCUT2D eigenvalue weighted by Crippen LogP contribution is -2.49. The summed E-state index contributed by atoms with van der Waals surface area (Å²) in [7, 11) is 1.30. The minimum absolute atomic E-state index is 0.0947. The second kappa shape index (κ2) is 6.47. The summed E-state index contributed by atoms with van der Waals surface area (Å²) in [6.07, 6.45) is 0.0947. The summed E-state index contributed by atoms with van der Waals surface area (Å²) >= 11 is 0. The molecule has 6 heteroatoms. The SMILES string of the molecule is COC(=O)CC(NC(=O)c1ccc(F)cc1)C1COC1. The number of hydrogen-bond acceptors (Lipinski definition) is 4. The van der Waals surface area contributed by atoms with E-state index in [-0.39, 0.29) is 30.3 Å². The molecule has 0 aliphatic carbocycles. The van der Waals surface area contributed by atoms with Gasteiger partial charge in [-0.1, -0.05) is 0 Å². The Morgan fingerprint density at radius 2 is 2.05 bits per heavy atom. The molecule has 1 unspecified atom stereocenters. The Hall–Kier alpha value is -1.95. The Labute approximate surface area is 116 Å². The molecular formula is C14H16FNO4. The number of carbonyl (C=O) groups excluding carboxylic acids is 2. The number of amides is 1.